The molecule has 60 valence electrons. The normalized spacial score (nSPS) is 53.5. The molecule has 2 bridgehead atoms. The molecule has 1 saturated carbocycles. The Morgan fingerprint density at radius 2 is 2.27 bits per heavy atom. The minimum absolute atomic E-state index is 0.0561. The van der Waals surface area contributed by atoms with Crippen LogP contribution in [0, 0.1) is 23.2 Å². The molecule has 2 aliphatic carbocycles. The first-order valence-corrected chi connectivity index (χ1v) is 4.33. The first-order chi connectivity index (χ1) is 5.18. The van der Waals surface area contributed by atoms with E-state index in [0.29, 0.717) is 17.8 Å². The van der Waals surface area contributed by atoms with Gasteiger partial charge in [-0.2, -0.15) is 0 Å². The van der Waals surface area contributed by atoms with E-state index in [-0.39, 0.29) is 5.41 Å². The maximum absolute atomic E-state index is 10.9. The number of hydrogen-bond donors (Lipinski definition) is 0. The van der Waals surface area contributed by atoms with Crippen molar-refractivity contribution in [3.63, 3.8) is 0 Å². The first-order valence-electron chi connectivity index (χ1n) is 4.33. The third-order valence-corrected chi connectivity index (χ3v) is 3.79. The largest absolute Gasteiger partial charge is 0.303 e. The summed E-state index contributed by atoms with van der Waals surface area (Å²) in [5.41, 5.74) is -0.0561. The molecule has 11 heavy (non-hydrogen) atoms. The highest BCUT2D eigenvalue weighted by molar-refractivity contribution is 5.62. The van der Waals surface area contributed by atoms with E-state index in [1.165, 1.54) is 6.42 Å². The van der Waals surface area contributed by atoms with Crippen LogP contribution in [0.1, 0.15) is 20.3 Å². The van der Waals surface area contributed by atoms with Crippen molar-refractivity contribution in [3.8, 4) is 0 Å². The van der Waals surface area contributed by atoms with Gasteiger partial charge in [0.1, 0.15) is 6.29 Å². The summed E-state index contributed by atoms with van der Waals surface area (Å²) in [7, 11) is 0. The van der Waals surface area contributed by atoms with E-state index >= 15 is 0 Å². The van der Waals surface area contributed by atoms with Gasteiger partial charge in [0.2, 0.25) is 0 Å². The lowest BCUT2D eigenvalue weighted by Gasteiger charge is -2.30. The minimum atomic E-state index is -0.0561. The Morgan fingerprint density at radius 3 is 2.64 bits per heavy atom. The molecule has 0 N–H and O–H groups in total. The lowest BCUT2D eigenvalue weighted by molar-refractivity contribution is -0.118. The third kappa shape index (κ3) is 0.688. The molecular weight excluding hydrogens is 136 g/mol. The Kier molecular flexibility index (Phi) is 1.26. The molecule has 0 unspecified atom stereocenters. The Hall–Kier alpha value is -0.590. The molecule has 1 fully saturated rings. The number of carbonyl (C=O) groups is 1. The van der Waals surface area contributed by atoms with Crippen molar-refractivity contribution in [2.45, 2.75) is 20.3 Å². The molecule has 2 rings (SSSR count). The third-order valence-electron chi connectivity index (χ3n) is 3.79. The summed E-state index contributed by atoms with van der Waals surface area (Å²) in [5, 5.41) is 0. The van der Waals surface area contributed by atoms with Gasteiger partial charge in [-0.25, -0.2) is 0 Å². The van der Waals surface area contributed by atoms with Crippen molar-refractivity contribution < 1.29 is 4.79 Å². The van der Waals surface area contributed by atoms with Crippen molar-refractivity contribution in [2.24, 2.45) is 23.2 Å². The first kappa shape index (κ1) is 7.08. The maximum Gasteiger partial charge on any atom is 0.126 e. The summed E-state index contributed by atoms with van der Waals surface area (Å²) in [5.74, 6) is 1.75. The molecule has 0 radical (unpaired) electrons. The van der Waals surface area contributed by atoms with Crippen LogP contribution in [0.5, 0.6) is 0 Å². The highest BCUT2D eigenvalue weighted by Crippen LogP contribution is 2.54. The molecule has 4 atom stereocenters. The van der Waals surface area contributed by atoms with E-state index in [4.69, 9.17) is 0 Å². The summed E-state index contributed by atoms with van der Waals surface area (Å²) in [4.78, 5) is 10.9. The number of carbonyl (C=O) groups excluding carboxylic acids is 1. The van der Waals surface area contributed by atoms with Crippen molar-refractivity contribution in [1.82, 2.24) is 0 Å². The van der Waals surface area contributed by atoms with Gasteiger partial charge in [0.25, 0.3) is 0 Å². The van der Waals surface area contributed by atoms with Crippen LogP contribution in [0.3, 0.4) is 0 Å². The molecule has 2 aliphatic rings. The zero-order valence-electron chi connectivity index (χ0n) is 7.08. The zero-order valence-corrected chi connectivity index (χ0v) is 7.08. The van der Waals surface area contributed by atoms with Crippen molar-refractivity contribution in [1.29, 1.82) is 0 Å². The fourth-order valence-corrected chi connectivity index (χ4v) is 2.55. The van der Waals surface area contributed by atoms with Crippen molar-refractivity contribution in [2.75, 3.05) is 0 Å². The molecule has 0 amide bonds. The predicted octanol–water partition coefficient (Wildman–Crippen LogP) is 2.03. The van der Waals surface area contributed by atoms with Gasteiger partial charge >= 0.3 is 0 Å². The number of rotatable bonds is 1. The SMILES string of the molecule is C[C@@H]1[C@H]2C=C[C@@H](C2)[C@]1(C)C=O. The van der Waals surface area contributed by atoms with Gasteiger partial charge in [0, 0.05) is 5.41 Å². The van der Waals surface area contributed by atoms with Gasteiger partial charge < -0.3 is 4.79 Å². The number of allylic oxidation sites excluding steroid dienone is 2. The van der Waals surface area contributed by atoms with E-state index in [2.05, 4.69) is 26.0 Å². The van der Waals surface area contributed by atoms with Crippen LogP contribution in [-0.4, -0.2) is 6.29 Å². The summed E-state index contributed by atoms with van der Waals surface area (Å²) >= 11 is 0. The molecule has 0 aromatic heterocycles. The highest BCUT2D eigenvalue weighted by atomic mass is 16.1. The average Bonchev–Trinajstić information content (AvgIpc) is 2.56. The predicted molar refractivity (Wildman–Crippen MR) is 44.1 cm³/mol. The number of hydrogen-bond acceptors (Lipinski definition) is 1. The van der Waals surface area contributed by atoms with Crippen LogP contribution < -0.4 is 0 Å². The van der Waals surface area contributed by atoms with Gasteiger partial charge in [-0.1, -0.05) is 26.0 Å². The zero-order chi connectivity index (χ0) is 8.06. The topological polar surface area (TPSA) is 17.1 Å². The second kappa shape index (κ2) is 1.96. The van der Waals surface area contributed by atoms with Gasteiger partial charge in [-0.15, -0.1) is 0 Å². The Morgan fingerprint density at radius 1 is 1.55 bits per heavy atom. The van der Waals surface area contributed by atoms with Crippen LogP contribution in [0.4, 0.5) is 0 Å². The minimum Gasteiger partial charge on any atom is -0.303 e. The van der Waals surface area contributed by atoms with Crippen molar-refractivity contribution in [3.05, 3.63) is 12.2 Å². The van der Waals surface area contributed by atoms with E-state index < -0.39 is 0 Å². The van der Waals surface area contributed by atoms with Crippen LogP contribution >= 0.6 is 0 Å². The van der Waals surface area contributed by atoms with Crippen LogP contribution in [-0.2, 0) is 4.79 Å². The molecule has 0 aliphatic heterocycles. The number of aldehydes is 1. The molecule has 1 nitrogen and oxygen atoms in total. The molecule has 0 aromatic carbocycles. The molecule has 1 heteroatoms. The van der Waals surface area contributed by atoms with Gasteiger partial charge in [0.15, 0.2) is 0 Å². The fraction of sp³-hybridized carbons (Fsp3) is 0.700. The standard InChI is InChI=1S/C10H14O/c1-7-8-3-4-9(5-8)10(7,2)6-11/h3-4,6-9H,5H2,1-2H3/t7-,8+,9+,10-/m1/s1. The Balaban J connectivity index is 2.38. The quantitative estimate of drug-likeness (QED) is 0.413. The van der Waals surface area contributed by atoms with Crippen molar-refractivity contribution >= 4 is 6.29 Å². The molecular formula is C10H14O. The van der Waals surface area contributed by atoms with E-state index in [0.717, 1.165) is 6.29 Å². The molecule has 0 spiro atoms. The summed E-state index contributed by atoms with van der Waals surface area (Å²) in [6.45, 7) is 4.29. The maximum atomic E-state index is 10.9. The van der Waals surface area contributed by atoms with Crippen LogP contribution in [0.15, 0.2) is 12.2 Å². The second-order valence-electron chi connectivity index (χ2n) is 4.16. The van der Waals surface area contributed by atoms with Gasteiger partial charge in [-0.05, 0) is 24.2 Å². The van der Waals surface area contributed by atoms with E-state index in [9.17, 15) is 4.79 Å². The summed E-state index contributed by atoms with van der Waals surface area (Å²) in [6.07, 6.45) is 6.86. The van der Waals surface area contributed by atoms with E-state index in [1.807, 2.05) is 0 Å². The second-order valence-corrected chi connectivity index (χ2v) is 4.16. The van der Waals surface area contributed by atoms with Crippen LogP contribution in [0.2, 0.25) is 0 Å². The van der Waals surface area contributed by atoms with E-state index in [1.54, 1.807) is 0 Å². The lowest BCUT2D eigenvalue weighted by atomic mass is 9.72. The summed E-state index contributed by atoms with van der Waals surface area (Å²) < 4.78 is 0. The Bertz CT molecular complexity index is 219. The average molecular weight is 150 g/mol. The molecule has 0 aromatic rings. The van der Waals surface area contributed by atoms with Crippen LogP contribution in [0.25, 0.3) is 0 Å². The summed E-state index contributed by atoms with van der Waals surface area (Å²) in [6, 6.07) is 0. The van der Waals surface area contributed by atoms with Gasteiger partial charge in [-0.3, -0.25) is 0 Å². The highest BCUT2D eigenvalue weighted by Gasteiger charge is 2.50. The fourth-order valence-electron chi connectivity index (χ4n) is 2.55. The smallest absolute Gasteiger partial charge is 0.126 e. The molecule has 0 heterocycles. The van der Waals surface area contributed by atoms with Gasteiger partial charge in [0.05, 0.1) is 0 Å². The Labute approximate surface area is 67.5 Å². The molecule has 0 saturated heterocycles. The monoisotopic (exact) mass is 150 g/mol. The lowest BCUT2D eigenvalue weighted by Crippen LogP contribution is -2.30. The number of fused-ring (bicyclic) bond motifs is 2.